The van der Waals surface area contributed by atoms with Gasteiger partial charge in [0.15, 0.2) is 0 Å². The van der Waals surface area contributed by atoms with E-state index < -0.39 is 5.82 Å². The summed E-state index contributed by atoms with van der Waals surface area (Å²) in [6.07, 6.45) is 8.63. The number of likely N-dealkylation sites (tertiary alicyclic amines) is 1. The molecule has 6 atom stereocenters. The van der Waals surface area contributed by atoms with Gasteiger partial charge in [-0.05, 0) is 129 Å². The molecule has 278 valence electrons. The highest BCUT2D eigenvalue weighted by Crippen LogP contribution is 2.62. The topological polar surface area (TPSA) is 60.0 Å². The molecule has 3 aliphatic carbocycles. The number of carbonyl (C=O) groups excluding carboxylic acids is 1. The first-order valence-electron chi connectivity index (χ1n) is 19.9. The number of nitrogens with zero attached hydrogens (tertiary/aromatic N) is 1. The van der Waals surface area contributed by atoms with E-state index in [0.717, 1.165) is 69.5 Å². The van der Waals surface area contributed by atoms with Crippen LogP contribution in [0.4, 0.5) is 10.1 Å². The predicted octanol–water partition coefficient (Wildman–Crippen LogP) is 9.72. The van der Waals surface area contributed by atoms with Gasteiger partial charge < -0.3 is 24.4 Å². The van der Waals surface area contributed by atoms with E-state index >= 15 is 4.39 Å². The number of benzene rings is 4. The number of nitrogens with one attached hydrogen (secondary N) is 1. The average Bonchev–Trinajstić information content (AvgIpc) is 3.82. The summed E-state index contributed by atoms with van der Waals surface area (Å²) >= 11 is 0. The third-order valence-electron chi connectivity index (χ3n) is 12.7. The van der Waals surface area contributed by atoms with Gasteiger partial charge in [-0.15, -0.1) is 0 Å². The molecule has 4 aromatic rings. The molecule has 0 bridgehead atoms. The Labute approximate surface area is 314 Å². The van der Waals surface area contributed by atoms with Gasteiger partial charge in [0.05, 0.1) is 18.4 Å². The first kappa shape index (κ1) is 35.8. The molecule has 1 N–H and O–H groups in total. The maximum Gasteiger partial charge on any atom is 0.224 e. The lowest BCUT2D eigenvalue weighted by Crippen LogP contribution is -2.52. The van der Waals surface area contributed by atoms with Gasteiger partial charge in [0.1, 0.15) is 30.0 Å². The Morgan fingerprint density at radius 2 is 1.60 bits per heavy atom. The van der Waals surface area contributed by atoms with E-state index in [1.807, 2.05) is 30.3 Å². The Morgan fingerprint density at radius 1 is 0.868 bits per heavy atom. The third kappa shape index (κ3) is 8.02. The van der Waals surface area contributed by atoms with E-state index in [1.54, 1.807) is 6.07 Å². The van der Waals surface area contributed by atoms with Gasteiger partial charge in [0.25, 0.3) is 0 Å². The van der Waals surface area contributed by atoms with Crippen molar-refractivity contribution in [2.24, 2.45) is 17.3 Å². The minimum atomic E-state index is -0.471. The number of amides is 1. The maximum absolute atomic E-state index is 15.6. The summed E-state index contributed by atoms with van der Waals surface area (Å²) in [5.74, 6) is 1.86. The number of halogens is 1. The molecule has 1 heterocycles. The number of hydrogen-bond donors (Lipinski definition) is 1. The number of anilines is 1. The average molecular weight is 717 g/mol. The SMILES string of the molecule is C[C@]12C[C@H](Oc3ccc(NC(=O)CCCN4CCCC4)c(F)c3)[C@@H]3c4ccc(OCc5ccccc5)cc4CC[C@H]3[C@@H]1CC[C@@H]2OCc1ccccc1. The van der Waals surface area contributed by atoms with Crippen LogP contribution in [0.15, 0.2) is 97.1 Å². The van der Waals surface area contributed by atoms with Crippen molar-refractivity contribution in [2.45, 2.75) is 96.1 Å². The third-order valence-corrected chi connectivity index (χ3v) is 12.7. The smallest absolute Gasteiger partial charge is 0.224 e. The molecule has 3 fully saturated rings. The molecule has 0 unspecified atom stereocenters. The quantitative estimate of drug-likeness (QED) is 0.149. The summed E-state index contributed by atoms with van der Waals surface area (Å²) in [4.78, 5) is 15.1. The summed E-state index contributed by atoms with van der Waals surface area (Å²) < 4.78 is 35.5. The lowest BCUT2D eigenvalue weighted by molar-refractivity contribution is -0.116. The van der Waals surface area contributed by atoms with Crippen LogP contribution in [-0.2, 0) is 29.2 Å². The molecular weight excluding hydrogens is 664 g/mol. The summed E-state index contributed by atoms with van der Waals surface area (Å²) in [7, 11) is 0. The van der Waals surface area contributed by atoms with Crippen LogP contribution in [-0.4, -0.2) is 42.6 Å². The number of aryl methyl sites for hydroxylation is 1. The molecule has 8 rings (SSSR count). The van der Waals surface area contributed by atoms with Crippen molar-refractivity contribution in [1.82, 2.24) is 4.90 Å². The van der Waals surface area contributed by atoms with Crippen LogP contribution in [0.1, 0.15) is 86.5 Å². The van der Waals surface area contributed by atoms with Crippen molar-refractivity contribution >= 4 is 11.6 Å². The Kier molecular flexibility index (Phi) is 10.8. The number of rotatable bonds is 13. The highest BCUT2D eigenvalue weighted by molar-refractivity contribution is 5.90. The van der Waals surface area contributed by atoms with Gasteiger partial charge in [0.2, 0.25) is 5.91 Å². The van der Waals surface area contributed by atoms with Gasteiger partial charge in [0, 0.05) is 23.8 Å². The summed E-state index contributed by atoms with van der Waals surface area (Å²) in [5, 5.41) is 2.80. The standard InChI is InChI=1S/C46H53FN2O4/c1-46-29-42(53-36-18-22-41(40(47)28-36)48-44(50)15-10-26-49-24-8-9-25-49)45-37-20-17-35(51-30-32-11-4-2-5-12-32)27-34(37)16-19-38(45)39(46)21-23-43(46)52-31-33-13-6-3-7-14-33/h2-7,11-14,17-18,20,22,27-28,38-39,42-43,45H,8-10,15-16,19,21,23-26,29-31H2,1H3,(H,48,50)/t38-,39-,42-,43-,45+,46-/m0/s1. The minimum Gasteiger partial charge on any atom is -0.490 e. The zero-order chi connectivity index (χ0) is 36.2. The molecule has 2 saturated carbocycles. The van der Waals surface area contributed by atoms with Crippen LogP contribution in [0.3, 0.4) is 0 Å². The fourth-order valence-electron chi connectivity index (χ4n) is 10.1. The van der Waals surface area contributed by atoms with Gasteiger partial charge >= 0.3 is 0 Å². The Morgan fingerprint density at radius 3 is 2.36 bits per heavy atom. The fraction of sp³-hybridized carbons (Fsp3) is 0.457. The van der Waals surface area contributed by atoms with Crippen molar-refractivity contribution in [3.63, 3.8) is 0 Å². The second kappa shape index (κ2) is 16.0. The molecule has 53 heavy (non-hydrogen) atoms. The van der Waals surface area contributed by atoms with Crippen molar-refractivity contribution in [3.05, 3.63) is 125 Å². The van der Waals surface area contributed by atoms with E-state index in [4.69, 9.17) is 14.2 Å². The zero-order valence-electron chi connectivity index (χ0n) is 31.0. The van der Waals surface area contributed by atoms with Gasteiger partial charge in [-0.1, -0.05) is 73.7 Å². The van der Waals surface area contributed by atoms with Crippen LogP contribution in [0.2, 0.25) is 0 Å². The second-order valence-corrected chi connectivity index (χ2v) is 16.0. The van der Waals surface area contributed by atoms with Crippen LogP contribution in [0, 0.1) is 23.1 Å². The number of hydrogen-bond acceptors (Lipinski definition) is 5. The van der Waals surface area contributed by atoms with Gasteiger partial charge in [-0.25, -0.2) is 4.39 Å². The van der Waals surface area contributed by atoms with Crippen molar-refractivity contribution < 1.29 is 23.4 Å². The van der Waals surface area contributed by atoms with E-state index in [2.05, 4.69) is 71.7 Å². The van der Waals surface area contributed by atoms with Crippen molar-refractivity contribution in [2.75, 3.05) is 25.0 Å². The van der Waals surface area contributed by atoms with E-state index in [0.29, 0.717) is 37.2 Å². The van der Waals surface area contributed by atoms with E-state index in [-0.39, 0.29) is 35.1 Å². The Bertz CT molecular complexity index is 1850. The first-order valence-corrected chi connectivity index (χ1v) is 19.9. The highest BCUT2D eigenvalue weighted by atomic mass is 19.1. The van der Waals surface area contributed by atoms with Crippen LogP contribution < -0.4 is 14.8 Å². The molecule has 6 nitrogen and oxygen atoms in total. The highest BCUT2D eigenvalue weighted by Gasteiger charge is 2.59. The lowest BCUT2D eigenvalue weighted by Gasteiger charge is -2.53. The normalized spacial score (nSPS) is 26.3. The molecule has 1 saturated heterocycles. The summed E-state index contributed by atoms with van der Waals surface area (Å²) in [6, 6.07) is 32.2. The fourth-order valence-corrected chi connectivity index (χ4v) is 10.1. The van der Waals surface area contributed by atoms with Gasteiger partial charge in [-0.3, -0.25) is 4.79 Å². The number of carbonyl (C=O) groups is 1. The molecule has 0 spiro atoms. The predicted molar refractivity (Wildman–Crippen MR) is 207 cm³/mol. The first-order chi connectivity index (χ1) is 25.9. The monoisotopic (exact) mass is 716 g/mol. The molecular formula is C46H53FN2O4. The second-order valence-electron chi connectivity index (χ2n) is 16.0. The maximum atomic E-state index is 15.6. The largest absolute Gasteiger partial charge is 0.490 e. The van der Waals surface area contributed by atoms with Crippen LogP contribution in [0.5, 0.6) is 11.5 Å². The summed E-state index contributed by atoms with van der Waals surface area (Å²) in [5.41, 5.74) is 5.11. The Balaban J connectivity index is 1.01. The Hall–Kier alpha value is -4.20. The molecule has 4 aliphatic rings. The van der Waals surface area contributed by atoms with E-state index in [1.165, 1.54) is 35.6 Å². The van der Waals surface area contributed by atoms with Crippen LogP contribution in [0.25, 0.3) is 0 Å². The minimum absolute atomic E-state index is 0.0711. The number of ether oxygens (including phenoxy) is 3. The molecule has 4 aromatic carbocycles. The van der Waals surface area contributed by atoms with Gasteiger partial charge in [-0.2, -0.15) is 0 Å². The molecule has 1 amide bonds. The number of fused-ring (bicyclic) bond motifs is 5. The lowest BCUT2D eigenvalue weighted by atomic mass is 9.54. The van der Waals surface area contributed by atoms with Crippen LogP contribution >= 0.6 is 0 Å². The molecule has 7 heteroatoms. The molecule has 0 aromatic heterocycles. The zero-order valence-corrected chi connectivity index (χ0v) is 31.0. The summed E-state index contributed by atoms with van der Waals surface area (Å²) in [6.45, 7) is 6.66. The molecule has 0 radical (unpaired) electrons. The van der Waals surface area contributed by atoms with Crippen molar-refractivity contribution in [1.29, 1.82) is 0 Å². The van der Waals surface area contributed by atoms with E-state index in [9.17, 15) is 4.79 Å². The van der Waals surface area contributed by atoms with Crippen molar-refractivity contribution in [3.8, 4) is 11.5 Å². The molecule has 1 aliphatic heterocycles.